The van der Waals surface area contributed by atoms with Crippen molar-refractivity contribution in [1.29, 1.82) is 0 Å². The van der Waals surface area contributed by atoms with Crippen molar-refractivity contribution in [2.24, 2.45) is 0 Å². The third-order valence-electron chi connectivity index (χ3n) is 6.19. The molecule has 0 saturated carbocycles. The number of rotatable bonds is 7. The molecule has 11 heteroatoms. The average molecular weight is 525 g/mol. The van der Waals surface area contributed by atoms with Gasteiger partial charge >= 0.3 is 0 Å². The van der Waals surface area contributed by atoms with Crippen molar-refractivity contribution in [3.63, 3.8) is 0 Å². The molecule has 2 N–H and O–H groups in total. The van der Waals surface area contributed by atoms with E-state index in [4.69, 9.17) is 16.3 Å². The van der Waals surface area contributed by atoms with E-state index in [1.54, 1.807) is 24.1 Å². The number of nitrogens with one attached hydrogen (secondary N) is 2. The van der Waals surface area contributed by atoms with Crippen LogP contribution >= 0.6 is 34.3 Å². The first-order chi connectivity index (χ1) is 16.4. The fourth-order valence-corrected chi connectivity index (χ4v) is 6.46. The maximum atomic E-state index is 13.6. The van der Waals surface area contributed by atoms with Gasteiger partial charge in [0.25, 0.3) is 11.8 Å². The molecule has 0 bridgehead atoms. The van der Waals surface area contributed by atoms with Crippen molar-refractivity contribution in [2.75, 3.05) is 46.9 Å². The molecule has 0 unspecified atom stereocenters. The van der Waals surface area contributed by atoms with Crippen molar-refractivity contribution in [1.82, 2.24) is 20.4 Å². The van der Waals surface area contributed by atoms with E-state index >= 15 is 0 Å². The third-order valence-corrected chi connectivity index (χ3v) is 8.65. The Hall–Kier alpha value is -1.98. The van der Waals surface area contributed by atoms with Gasteiger partial charge in [-0.25, -0.2) is 0 Å². The number of methoxy groups -OCH3 is 1. The SMILES string of the molecule is COCCNC(=O)[C@@H]1C[C@@H](NC(=O)c2ccc(Cl)s2)CN1C(=O)c1cc2c(s1)CCN(C)CC2. The van der Waals surface area contributed by atoms with Gasteiger partial charge in [0.05, 0.1) is 20.7 Å². The molecule has 2 atom stereocenters. The van der Waals surface area contributed by atoms with Crippen LogP contribution < -0.4 is 10.6 Å². The van der Waals surface area contributed by atoms with Gasteiger partial charge in [0.2, 0.25) is 5.91 Å². The first-order valence-corrected chi connectivity index (χ1v) is 13.3. The number of hydrogen-bond acceptors (Lipinski definition) is 7. The Morgan fingerprint density at radius 3 is 2.71 bits per heavy atom. The highest BCUT2D eigenvalue weighted by Crippen LogP contribution is 2.30. The van der Waals surface area contributed by atoms with Gasteiger partial charge in [0.15, 0.2) is 0 Å². The maximum absolute atomic E-state index is 13.6. The Morgan fingerprint density at radius 1 is 1.18 bits per heavy atom. The van der Waals surface area contributed by atoms with Crippen LogP contribution in [0.25, 0.3) is 0 Å². The first-order valence-electron chi connectivity index (χ1n) is 11.3. The normalized spacial score (nSPS) is 20.6. The highest BCUT2D eigenvalue weighted by atomic mass is 35.5. The highest BCUT2D eigenvalue weighted by molar-refractivity contribution is 7.18. The number of fused-ring (bicyclic) bond motifs is 1. The average Bonchev–Trinajstić information content (AvgIpc) is 3.52. The summed E-state index contributed by atoms with van der Waals surface area (Å²) in [5.74, 6) is -0.642. The van der Waals surface area contributed by atoms with Gasteiger partial charge in [0, 0.05) is 44.2 Å². The van der Waals surface area contributed by atoms with Crippen LogP contribution in [0.5, 0.6) is 0 Å². The van der Waals surface area contributed by atoms with E-state index < -0.39 is 6.04 Å². The smallest absolute Gasteiger partial charge is 0.264 e. The quantitative estimate of drug-likeness (QED) is 0.542. The molecule has 0 aliphatic carbocycles. The Kier molecular flexibility index (Phi) is 8.26. The summed E-state index contributed by atoms with van der Waals surface area (Å²) < 4.78 is 5.56. The second kappa shape index (κ2) is 11.2. The van der Waals surface area contributed by atoms with E-state index in [0.717, 1.165) is 25.9 Å². The number of thiophene rings is 2. The van der Waals surface area contributed by atoms with Gasteiger partial charge < -0.3 is 25.2 Å². The summed E-state index contributed by atoms with van der Waals surface area (Å²) in [6.07, 6.45) is 2.19. The van der Waals surface area contributed by atoms with Crippen LogP contribution in [-0.2, 0) is 22.4 Å². The number of likely N-dealkylation sites (tertiary alicyclic amines) is 1. The van der Waals surface area contributed by atoms with Gasteiger partial charge in [-0.05, 0) is 50.1 Å². The largest absolute Gasteiger partial charge is 0.383 e. The van der Waals surface area contributed by atoms with Gasteiger partial charge in [-0.2, -0.15) is 0 Å². The Bertz CT molecular complexity index is 1030. The molecule has 1 fully saturated rings. The molecule has 2 aliphatic rings. The number of amides is 3. The molecular weight excluding hydrogens is 496 g/mol. The lowest BCUT2D eigenvalue weighted by atomic mass is 10.1. The summed E-state index contributed by atoms with van der Waals surface area (Å²) in [5, 5.41) is 5.82. The zero-order valence-corrected chi connectivity index (χ0v) is 21.7. The monoisotopic (exact) mass is 524 g/mol. The molecule has 3 amide bonds. The number of carbonyl (C=O) groups excluding carboxylic acids is 3. The number of halogens is 1. The molecule has 0 spiro atoms. The summed E-state index contributed by atoms with van der Waals surface area (Å²) in [5.41, 5.74) is 1.22. The fourth-order valence-electron chi connectivity index (χ4n) is 4.35. The number of hydrogen-bond donors (Lipinski definition) is 2. The maximum Gasteiger partial charge on any atom is 0.264 e. The Labute approximate surface area is 212 Å². The van der Waals surface area contributed by atoms with Gasteiger partial charge in [-0.3, -0.25) is 14.4 Å². The van der Waals surface area contributed by atoms with E-state index in [2.05, 4.69) is 22.6 Å². The lowest BCUT2D eigenvalue weighted by Gasteiger charge is -2.23. The third kappa shape index (κ3) is 5.80. The zero-order valence-electron chi connectivity index (χ0n) is 19.3. The summed E-state index contributed by atoms with van der Waals surface area (Å²) in [6.45, 7) is 2.96. The second-order valence-corrected chi connectivity index (χ2v) is 11.5. The minimum absolute atomic E-state index is 0.158. The molecule has 184 valence electrons. The molecule has 2 aliphatic heterocycles. The summed E-state index contributed by atoms with van der Waals surface area (Å²) in [6, 6.07) is 4.35. The molecule has 0 aromatic carbocycles. The first kappa shape index (κ1) is 25.1. The standard InChI is InChI=1S/C23H29ClN4O4S2/c1-27-8-5-14-11-19(33-17(14)6-9-27)23(31)28-13-15(12-16(28)21(29)25-7-10-32-2)26-22(30)18-3-4-20(24)34-18/h3-4,11,15-16H,5-10,12-13H2,1-2H3,(H,25,29)(H,26,30)/t15-,16+/m1/s1. The van der Waals surface area contributed by atoms with Crippen molar-refractivity contribution in [2.45, 2.75) is 31.3 Å². The number of ether oxygens (including phenoxy) is 1. The van der Waals surface area contributed by atoms with Gasteiger partial charge in [0.1, 0.15) is 6.04 Å². The van der Waals surface area contributed by atoms with E-state index in [0.29, 0.717) is 33.7 Å². The predicted octanol–water partition coefficient (Wildman–Crippen LogP) is 2.27. The summed E-state index contributed by atoms with van der Waals surface area (Å²) >= 11 is 8.69. The van der Waals surface area contributed by atoms with Crippen LogP contribution in [0.3, 0.4) is 0 Å². The predicted molar refractivity (Wildman–Crippen MR) is 134 cm³/mol. The van der Waals surface area contributed by atoms with E-state index in [-0.39, 0.29) is 30.3 Å². The van der Waals surface area contributed by atoms with Crippen molar-refractivity contribution < 1.29 is 19.1 Å². The number of likely N-dealkylation sites (N-methyl/N-ethyl adjacent to an activating group) is 1. The molecule has 0 radical (unpaired) electrons. The van der Waals surface area contributed by atoms with Gasteiger partial charge in [-0.15, -0.1) is 22.7 Å². The number of nitrogens with zero attached hydrogens (tertiary/aromatic N) is 2. The van der Waals surface area contributed by atoms with Crippen LogP contribution in [-0.4, -0.2) is 86.5 Å². The molecular formula is C23H29ClN4O4S2. The molecule has 1 saturated heterocycles. The number of carbonyl (C=O) groups is 3. The van der Waals surface area contributed by atoms with Crippen LogP contribution in [0.15, 0.2) is 18.2 Å². The molecule has 8 nitrogen and oxygen atoms in total. The molecule has 4 heterocycles. The lowest BCUT2D eigenvalue weighted by molar-refractivity contribution is -0.125. The van der Waals surface area contributed by atoms with Crippen LogP contribution in [0.4, 0.5) is 0 Å². The van der Waals surface area contributed by atoms with Gasteiger partial charge in [-0.1, -0.05) is 11.6 Å². The molecule has 34 heavy (non-hydrogen) atoms. The molecule has 2 aromatic rings. The van der Waals surface area contributed by atoms with E-state index in [1.807, 2.05) is 6.07 Å². The minimum Gasteiger partial charge on any atom is -0.383 e. The fraction of sp³-hybridized carbons (Fsp3) is 0.522. The van der Waals surface area contributed by atoms with E-state index in [9.17, 15) is 14.4 Å². The summed E-state index contributed by atoms with van der Waals surface area (Å²) in [4.78, 5) is 45.5. The molecule has 4 rings (SSSR count). The topological polar surface area (TPSA) is 91.0 Å². The van der Waals surface area contributed by atoms with Crippen molar-refractivity contribution in [3.05, 3.63) is 42.7 Å². The highest BCUT2D eigenvalue weighted by Gasteiger charge is 2.41. The zero-order chi connectivity index (χ0) is 24.2. The van der Waals surface area contributed by atoms with E-state index in [1.165, 1.54) is 33.1 Å². The van der Waals surface area contributed by atoms with Crippen molar-refractivity contribution >= 4 is 52.0 Å². The minimum atomic E-state index is -0.658. The van der Waals surface area contributed by atoms with Crippen LogP contribution in [0.2, 0.25) is 4.34 Å². The summed E-state index contributed by atoms with van der Waals surface area (Å²) in [7, 11) is 3.68. The lowest BCUT2D eigenvalue weighted by Crippen LogP contribution is -2.46. The second-order valence-electron chi connectivity index (χ2n) is 8.63. The Balaban J connectivity index is 1.50. The Morgan fingerprint density at radius 2 is 1.97 bits per heavy atom. The molecule has 2 aromatic heterocycles. The van der Waals surface area contributed by atoms with Crippen molar-refractivity contribution in [3.8, 4) is 0 Å². The van der Waals surface area contributed by atoms with Crippen LogP contribution in [0, 0.1) is 0 Å². The van der Waals surface area contributed by atoms with Crippen LogP contribution in [0.1, 0.15) is 36.2 Å².